The monoisotopic (exact) mass is 660 g/mol. The van der Waals surface area contributed by atoms with Crippen LogP contribution in [0.25, 0.3) is 77.2 Å². The fourth-order valence-corrected chi connectivity index (χ4v) is 7.94. The minimum absolute atomic E-state index is 0.136. The number of aromatic nitrogens is 2. The molecular formula is C42H18B10N2. The molecule has 54 heavy (non-hydrogen) atoms. The third-order valence-electron chi connectivity index (χ3n) is 10.6. The lowest BCUT2D eigenvalue weighted by Gasteiger charge is -2.18. The van der Waals surface area contributed by atoms with E-state index in [4.69, 9.17) is 78.5 Å². The van der Waals surface area contributed by atoms with Crippen LogP contribution >= 0.6 is 0 Å². The molecule has 0 N–H and O–H groups in total. The average molecular weight is 659 g/mol. The van der Waals surface area contributed by atoms with Crippen molar-refractivity contribution in [3.05, 3.63) is 109 Å². The van der Waals surface area contributed by atoms with Crippen molar-refractivity contribution in [1.29, 1.82) is 0 Å². The van der Waals surface area contributed by atoms with E-state index in [1.807, 2.05) is 118 Å². The van der Waals surface area contributed by atoms with Crippen molar-refractivity contribution in [2.24, 2.45) is 0 Å². The molecule has 2 heterocycles. The zero-order chi connectivity index (χ0) is 37.7. The number of hydrogen-bond donors (Lipinski definition) is 0. The first-order valence-electron chi connectivity index (χ1n) is 17.2. The maximum Gasteiger partial charge on any atom is 0.116 e. The van der Waals surface area contributed by atoms with E-state index in [-0.39, 0.29) is 54.6 Å². The summed E-state index contributed by atoms with van der Waals surface area (Å²) in [7, 11) is 68.3. The van der Waals surface area contributed by atoms with Crippen molar-refractivity contribution in [2.75, 3.05) is 0 Å². The van der Waals surface area contributed by atoms with E-state index in [0.29, 0.717) is 43.6 Å². The van der Waals surface area contributed by atoms with Gasteiger partial charge >= 0.3 is 0 Å². The minimum Gasteiger partial charge on any atom is -0.310 e. The Labute approximate surface area is 327 Å². The molecule has 0 aliphatic carbocycles. The van der Waals surface area contributed by atoms with Crippen molar-refractivity contribution >= 4 is 177 Å². The van der Waals surface area contributed by atoms with Crippen molar-refractivity contribution in [3.63, 3.8) is 0 Å². The van der Waals surface area contributed by atoms with E-state index in [2.05, 4.69) is 0 Å². The Morgan fingerprint density at radius 3 is 1.09 bits per heavy atom. The Bertz CT molecular complexity index is 3020. The van der Waals surface area contributed by atoms with Gasteiger partial charge < -0.3 is 9.13 Å². The molecule has 0 unspecified atom stereocenters. The lowest BCUT2D eigenvalue weighted by Crippen LogP contribution is -2.48. The molecule has 2 aromatic heterocycles. The van der Waals surface area contributed by atoms with Crippen molar-refractivity contribution in [2.45, 2.75) is 0 Å². The fourth-order valence-electron chi connectivity index (χ4n) is 7.94. The van der Waals surface area contributed by atoms with Crippen LogP contribution in [0.4, 0.5) is 0 Å². The number of rotatable bonds is 4. The van der Waals surface area contributed by atoms with Gasteiger partial charge in [-0.15, -0.1) is 21.9 Å². The van der Waals surface area contributed by atoms with Crippen LogP contribution in [-0.2, 0) is 0 Å². The summed E-state index contributed by atoms with van der Waals surface area (Å²) in [6, 6.07) is 36.1. The first-order valence-corrected chi connectivity index (χ1v) is 17.2. The Morgan fingerprint density at radius 1 is 0.259 bits per heavy atom. The predicted molar refractivity (Wildman–Crippen MR) is 240 cm³/mol. The maximum atomic E-state index is 7.20. The van der Waals surface area contributed by atoms with E-state index in [9.17, 15) is 0 Å². The molecule has 0 amide bonds. The molecule has 0 aliphatic rings. The Kier molecular flexibility index (Phi) is 8.12. The summed E-state index contributed by atoms with van der Waals surface area (Å²) in [6.07, 6.45) is 0. The third-order valence-corrected chi connectivity index (χ3v) is 10.6. The van der Waals surface area contributed by atoms with Crippen LogP contribution < -0.4 is 54.6 Å². The van der Waals surface area contributed by atoms with Crippen LogP contribution in [0.1, 0.15) is 0 Å². The number of benzene rings is 7. The zero-order valence-corrected chi connectivity index (χ0v) is 29.1. The molecule has 12 heteroatoms. The highest BCUT2D eigenvalue weighted by Gasteiger charge is 2.28. The van der Waals surface area contributed by atoms with Gasteiger partial charge in [0.2, 0.25) is 0 Å². The quantitative estimate of drug-likeness (QED) is 0.219. The van der Waals surface area contributed by atoms with Gasteiger partial charge in [0.1, 0.15) is 78.5 Å². The summed E-state index contributed by atoms with van der Waals surface area (Å²) >= 11 is 0. The molecule has 0 aliphatic heterocycles. The van der Waals surface area contributed by atoms with Gasteiger partial charge in [0.05, 0.1) is 0 Å². The molecule has 0 bridgehead atoms. The first kappa shape index (κ1) is 34.6. The van der Waals surface area contributed by atoms with Crippen molar-refractivity contribution < 1.29 is 0 Å². The molecule has 226 valence electrons. The normalized spacial score (nSPS) is 11.7. The van der Waals surface area contributed by atoms with Gasteiger partial charge in [-0.2, -0.15) is 0 Å². The molecule has 0 saturated carbocycles. The second kappa shape index (κ2) is 12.7. The van der Waals surface area contributed by atoms with Crippen LogP contribution in [0.5, 0.6) is 0 Å². The summed E-state index contributed by atoms with van der Waals surface area (Å²) in [5.41, 5.74) is 9.53. The highest BCUT2D eigenvalue weighted by atomic mass is 15.0. The summed E-state index contributed by atoms with van der Waals surface area (Å²) in [5.74, 6) is 0. The summed E-state index contributed by atoms with van der Waals surface area (Å²) < 4.78 is 3.85. The Hall–Kier alpha value is -5.21. The average Bonchev–Trinajstić information content (AvgIpc) is 3.75. The lowest BCUT2D eigenvalue weighted by atomic mass is 9.64. The van der Waals surface area contributed by atoms with E-state index >= 15 is 0 Å². The number of fused-ring (bicyclic) bond motifs is 7. The molecule has 2 nitrogen and oxygen atoms in total. The molecule has 7 aromatic carbocycles. The molecule has 0 atom stereocenters. The first-order chi connectivity index (χ1) is 26.0. The maximum absolute atomic E-state index is 7.20. The zero-order valence-electron chi connectivity index (χ0n) is 29.1. The third kappa shape index (κ3) is 4.81. The van der Waals surface area contributed by atoms with Crippen LogP contribution in [0.2, 0.25) is 0 Å². The van der Waals surface area contributed by atoms with Gasteiger partial charge in [-0.1, -0.05) is 118 Å². The van der Waals surface area contributed by atoms with Gasteiger partial charge in [-0.25, -0.2) is 0 Å². The van der Waals surface area contributed by atoms with Crippen LogP contribution in [0, 0.1) is 0 Å². The number of hydrogen-bond acceptors (Lipinski definition) is 0. The highest BCUT2D eigenvalue weighted by molar-refractivity contribution is 6.71. The van der Waals surface area contributed by atoms with E-state index in [1.54, 1.807) is 0 Å². The summed E-state index contributed by atoms with van der Waals surface area (Å²) in [4.78, 5) is 0. The van der Waals surface area contributed by atoms with E-state index in [0.717, 1.165) is 33.6 Å². The standard InChI is InChI=1S/C42H18B10N2/c43-29-27-25-26-28-30(44)32(46)34(48)36(50)42(28)54(24-13-7-12-22(18-24)20-10-5-2-6-11-20)40(26)38(52)37(51)39(25)53(41(27)35(49)33(47)31(29)45)23-16-14-21(15-17-23)19-8-3-1-4-9-19/h1-18H. The SMILES string of the molecule is [B]c1c([B])c([B])c2c(c1[B])c1c3c4c([B])c([B])c([B])c([B])c4n(-c4cccc(-c5ccccc5)c4)c3c([B])c([B])c1n2-c1ccc(-c2ccccc2)cc1. The fraction of sp³-hybridized carbons (Fsp3) is 0. The molecule has 0 spiro atoms. The highest BCUT2D eigenvalue weighted by Crippen LogP contribution is 2.39. The minimum atomic E-state index is 0.136. The molecule has 9 aromatic rings. The van der Waals surface area contributed by atoms with Crippen molar-refractivity contribution in [3.8, 4) is 33.6 Å². The molecule has 9 rings (SSSR count). The van der Waals surface area contributed by atoms with Crippen LogP contribution in [0.3, 0.4) is 0 Å². The number of nitrogens with zero attached hydrogens (tertiary/aromatic N) is 2. The Morgan fingerprint density at radius 2 is 0.611 bits per heavy atom. The molecule has 0 saturated heterocycles. The molecule has 20 radical (unpaired) electrons. The van der Waals surface area contributed by atoms with Gasteiger partial charge in [-0.05, 0) is 46.5 Å². The van der Waals surface area contributed by atoms with E-state index < -0.39 is 0 Å². The summed E-state index contributed by atoms with van der Waals surface area (Å²) in [6.45, 7) is 0. The van der Waals surface area contributed by atoms with Crippen LogP contribution in [0.15, 0.2) is 109 Å². The topological polar surface area (TPSA) is 9.86 Å². The van der Waals surface area contributed by atoms with E-state index in [1.165, 1.54) is 0 Å². The van der Waals surface area contributed by atoms with Crippen molar-refractivity contribution in [1.82, 2.24) is 9.13 Å². The smallest absolute Gasteiger partial charge is 0.116 e. The van der Waals surface area contributed by atoms with Gasteiger partial charge in [-0.3, -0.25) is 0 Å². The Balaban J connectivity index is 1.51. The second-order valence-electron chi connectivity index (χ2n) is 13.5. The largest absolute Gasteiger partial charge is 0.310 e. The molecule has 0 fully saturated rings. The van der Waals surface area contributed by atoms with Crippen LogP contribution in [-0.4, -0.2) is 87.6 Å². The lowest BCUT2D eigenvalue weighted by molar-refractivity contribution is 1.19. The van der Waals surface area contributed by atoms with Gasteiger partial charge in [0.25, 0.3) is 0 Å². The van der Waals surface area contributed by atoms with Gasteiger partial charge in [0, 0.05) is 55.0 Å². The predicted octanol–water partition coefficient (Wildman–Crippen LogP) is -0.847. The second-order valence-corrected chi connectivity index (χ2v) is 13.5. The summed E-state index contributed by atoms with van der Waals surface area (Å²) in [5, 5.41) is 2.21. The molecular weight excluding hydrogens is 641 g/mol. The van der Waals surface area contributed by atoms with Gasteiger partial charge in [0.15, 0.2) is 0 Å².